The molecule has 3 heterocycles. The largest absolute Gasteiger partial charge is 0.371 e. The van der Waals surface area contributed by atoms with Crippen LogP contribution in [0, 0.1) is 5.82 Å². The number of ether oxygens (including phenoxy) is 1. The Hall–Kier alpha value is -1.66. The van der Waals surface area contributed by atoms with Crippen LogP contribution in [-0.2, 0) is 11.8 Å². The molecule has 0 bridgehead atoms. The molecule has 106 valence electrons. The smallest absolute Gasteiger partial charge is 0.166 e. The second-order valence-electron chi connectivity index (χ2n) is 4.76. The summed E-state index contributed by atoms with van der Waals surface area (Å²) in [6.45, 7) is 0.617. The van der Waals surface area contributed by atoms with Crippen LogP contribution >= 0.6 is 11.6 Å². The number of nitrogens with zero attached hydrogens (tertiary/aromatic N) is 3. The van der Waals surface area contributed by atoms with Gasteiger partial charge in [0.05, 0.1) is 17.3 Å². The third-order valence-electron chi connectivity index (χ3n) is 3.28. The maximum absolute atomic E-state index is 13.8. The molecule has 3 rings (SSSR count). The lowest BCUT2D eigenvalue weighted by atomic mass is 10.1. The molecule has 0 saturated carbocycles. The Balaban J connectivity index is 1.79. The van der Waals surface area contributed by atoms with Crippen LogP contribution in [0.1, 0.15) is 18.1 Å². The average molecular weight is 297 g/mol. The number of rotatable bonds is 3. The molecule has 0 aliphatic carbocycles. The lowest BCUT2D eigenvalue weighted by Crippen LogP contribution is -2.24. The minimum absolute atomic E-state index is 0.0395. The number of hydrogen-bond acceptors (Lipinski definition) is 4. The summed E-state index contributed by atoms with van der Waals surface area (Å²) < 4.78 is 21.2. The van der Waals surface area contributed by atoms with Gasteiger partial charge < -0.3 is 10.1 Å². The van der Waals surface area contributed by atoms with E-state index < -0.39 is 5.82 Å². The molecule has 5 nitrogen and oxygen atoms in total. The number of aromatic nitrogens is 3. The van der Waals surface area contributed by atoms with Crippen molar-refractivity contribution < 1.29 is 9.13 Å². The van der Waals surface area contributed by atoms with Crippen molar-refractivity contribution in [3.8, 4) is 0 Å². The van der Waals surface area contributed by atoms with Gasteiger partial charge in [-0.05, 0) is 12.5 Å². The van der Waals surface area contributed by atoms with Gasteiger partial charge >= 0.3 is 0 Å². The lowest BCUT2D eigenvalue weighted by molar-refractivity contribution is 0.107. The maximum atomic E-state index is 13.8. The standard InChI is InChI=1S/C13H14ClFN4O/c1-19-7-8(5-17-19)12-11(2-3-20-12)18-13-10(15)4-9(14)6-16-13/h4-7,11-12H,2-3H2,1H3,(H,16,18)/t11-,12+/m0/s1. The molecule has 7 heteroatoms. The molecule has 2 aromatic rings. The van der Waals surface area contributed by atoms with E-state index in [0.717, 1.165) is 12.0 Å². The summed E-state index contributed by atoms with van der Waals surface area (Å²) >= 11 is 5.69. The van der Waals surface area contributed by atoms with Gasteiger partial charge in [-0.2, -0.15) is 5.10 Å². The van der Waals surface area contributed by atoms with Crippen LogP contribution in [0.3, 0.4) is 0 Å². The zero-order valence-corrected chi connectivity index (χ0v) is 11.6. The molecule has 1 saturated heterocycles. The number of pyridine rings is 1. The van der Waals surface area contributed by atoms with Crippen LogP contribution in [0.2, 0.25) is 5.02 Å². The Morgan fingerprint density at radius 1 is 1.50 bits per heavy atom. The van der Waals surface area contributed by atoms with Crippen molar-refractivity contribution in [3.05, 3.63) is 41.1 Å². The van der Waals surface area contributed by atoms with Crippen molar-refractivity contribution in [1.82, 2.24) is 14.8 Å². The fourth-order valence-corrected chi connectivity index (χ4v) is 2.49. The number of anilines is 1. The van der Waals surface area contributed by atoms with Gasteiger partial charge in [-0.15, -0.1) is 0 Å². The molecule has 20 heavy (non-hydrogen) atoms. The summed E-state index contributed by atoms with van der Waals surface area (Å²) in [7, 11) is 1.85. The summed E-state index contributed by atoms with van der Waals surface area (Å²) in [6, 6.07) is 1.20. The van der Waals surface area contributed by atoms with Crippen LogP contribution < -0.4 is 5.32 Å². The number of hydrogen-bond donors (Lipinski definition) is 1. The SMILES string of the molecule is Cn1cc([C@H]2OCC[C@@H]2Nc2ncc(Cl)cc2F)cn1. The van der Waals surface area contributed by atoms with Crippen LogP contribution in [0.25, 0.3) is 0 Å². The summed E-state index contributed by atoms with van der Waals surface area (Å²) in [6.07, 6.45) is 5.71. The lowest BCUT2D eigenvalue weighted by Gasteiger charge is -2.19. The molecule has 1 fully saturated rings. The first-order valence-electron chi connectivity index (χ1n) is 6.31. The highest BCUT2D eigenvalue weighted by molar-refractivity contribution is 6.30. The van der Waals surface area contributed by atoms with Crippen molar-refractivity contribution >= 4 is 17.4 Å². The van der Waals surface area contributed by atoms with E-state index in [9.17, 15) is 4.39 Å². The van der Waals surface area contributed by atoms with E-state index in [2.05, 4.69) is 15.4 Å². The molecular formula is C13H14ClFN4O. The van der Waals surface area contributed by atoms with E-state index in [1.807, 2.05) is 13.2 Å². The molecule has 0 spiro atoms. The number of halogens is 2. The second-order valence-corrected chi connectivity index (χ2v) is 5.20. The monoisotopic (exact) mass is 296 g/mol. The van der Waals surface area contributed by atoms with Gasteiger partial charge in [-0.3, -0.25) is 4.68 Å². The molecule has 0 aromatic carbocycles. The normalized spacial score (nSPS) is 22.1. The van der Waals surface area contributed by atoms with Crippen molar-refractivity contribution in [2.75, 3.05) is 11.9 Å². The predicted molar refractivity (Wildman–Crippen MR) is 73.1 cm³/mol. The van der Waals surface area contributed by atoms with Gasteiger partial charge in [-0.1, -0.05) is 11.6 Å². The fraction of sp³-hybridized carbons (Fsp3) is 0.385. The van der Waals surface area contributed by atoms with Crippen LogP contribution in [0.15, 0.2) is 24.7 Å². The first-order valence-corrected chi connectivity index (χ1v) is 6.69. The van der Waals surface area contributed by atoms with Gasteiger partial charge in [0.2, 0.25) is 0 Å². The highest BCUT2D eigenvalue weighted by Crippen LogP contribution is 2.31. The Morgan fingerprint density at radius 2 is 2.35 bits per heavy atom. The Labute approximate surface area is 120 Å². The number of aryl methyl sites for hydroxylation is 1. The van der Waals surface area contributed by atoms with E-state index in [4.69, 9.17) is 16.3 Å². The fourth-order valence-electron chi connectivity index (χ4n) is 2.35. The zero-order valence-electron chi connectivity index (χ0n) is 10.9. The molecular weight excluding hydrogens is 283 g/mol. The van der Waals surface area contributed by atoms with E-state index in [0.29, 0.717) is 6.61 Å². The quantitative estimate of drug-likeness (QED) is 0.946. The topological polar surface area (TPSA) is 52.0 Å². The predicted octanol–water partition coefficient (Wildman–Crippen LogP) is 2.55. The molecule has 1 aliphatic heterocycles. The molecule has 2 aromatic heterocycles. The molecule has 2 atom stereocenters. The van der Waals surface area contributed by atoms with E-state index in [1.165, 1.54) is 12.3 Å². The molecule has 0 radical (unpaired) electrons. The van der Waals surface area contributed by atoms with Crippen molar-refractivity contribution in [2.45, 2.75) is 18.6 Å². The summed E-state index contributed by atoms with van der Waals surface area (Å²) in [4.78, 5) is 3.98. The van der Waals surface area contributed by atoms with Gasteiger partial charge in [0.15, 0.2) is 11.6 Å². The molecule has 1 aliphatic rings. The summed E-state index contributed by atoms with van der Waals surface area (Å²) in [5, 5.41) is 7.50. The molecule has 0 unspecified atom stereocenters. The first kappa shape index (κ1) is 13.3. The van der Waals surface area contributed by atoms with Crippen LogP contribution in [0.4, 0.5) is 10.2 Å². The minimum Gasteiger partial charge on any atom is -0.371 e. The Bertz CT molecular complexity index is 618. The van der Waals surface area contributed by atoms with Gasteiger partial charge in [-0.25, -0.2) is 9.37 Å². The van der Waals surface area contributed by atoms with E-state index in [1.54, 1.807) is 10.9 Å². The van der Waals surface area contributed by atoms with Crippen LogP contribution in [0.5, 0.6) is 0 Å². The average Bonchev–Trinajstić information content (AvgIpc) is 3.01. The summed E-state index contributed by atoms with van der Waals surface area (Å²) in [5.41, 5.74) is 0.969. The van der Waals surface area contributed by atoms with Gasteiger partial charge in [0.1, 0.15) is 6.10 Å². The van der Waals surface area contributed by atoms with Crippen molar-refractivity contribution in [2.24, 2.45) is 7.05 Å². The highest BCUT2D eigenvalue weighted by Gasteiger charge is 2.31. The highest BCUT2D eigenvalue weighted by atomic mass is 35.5. The Morgan fingerprint density at radius 3 is 3.05 bits per heavy atom. The van der Waals surface area contributed by atoms with E-state index >= 15 is 0 Å². The minimum atomic E-state index is -0.464. The molecule has 0 amide bonds. The van der Waals surface area contributed by atoms with Gasteiger partial charge in [0.25, 0.3) is 0 Å². The van der Waals surface area contributed by atoms with Crippen molar-refractivity contribution in [3.63, 3.8) is 0 Å². The maximum Gasteiger partial charge on any atom is 0.166 e. The molecule has 1 N–H and O–H groups in total. The van der Waals surface area contributed by atoms with E-state index in [-0.39, 0.29) is 23.0 Å². The Kier molecular flexibility index (Phi) is 3.58. The van der Waals surface area contributed by atoms with Crippen molar-refractivity contribution in [1.29, 1.82) is 0 Å². The van der Waals surface area contributed by atoms with Crippen LogP contribution in [-0.4, -0.2) is 27.4 Å². The van der Waals surface area contributed by atoms with Gasteiger partial charge in [0, 0.05) is 31.6 Å². The summed E-state index contributed by atoms with van der Waals surface area (Å²) in [5.74, 6) is -0.270. The first-order chi connectivity index (χ1) is 9.63. The second kappa shape index (κ2) is 5.38. The zero-order chi connectivity index (χ0) is 14.1. The third-order valence-corrected chi connectivity index (χ3v) is 3.48. The third kappa shape index (κ3) is 2.62. The number of nitrogens with one attached hydrogen (secondary N) is 1.